The summed E-state index contributed by atoms with van der Waals surface area (Å²) >= 11 is 19.6. The molecule has 1 atom stereocenters. The quantitative estimate of drug-likeness (QED) is 0.115. The van der Waals surface area contributed by atoms with Gasteiger partial charge in [-0.25, -0.2) is 0 Å². The predicted octanol–water partition coefficient (Wildman–Crippen LogP) is 10.2. The van der Waals surface area contributed by atoms with Crippen molar-refractivity contribution in [1.29, 1.82) is 5.26 Å². The molecule has 290 valence electrons. The van der Waals surface area contributed by atoms with Crippen LogP contribution in [0.2, 0.25) is 15.1 Å². The maximum absolute atomic E-state index is 14.7. The molecule has 0 radical (unpaired) electrons. The number of piperidine rings is 1. The number of nitriles is 1. The summed E-state index contributed by atoms with van der Waals surface area (Å²) in [5, 5.41) is 18.1. The summed E-state index contributed by atoms with van der Waals surface area (Å²) in [7, 11) is 6.00. The topological polar surface area (TPSA) is 107 Å². The Morgan fingerprint density at radius 1 is 0.982 bits per heavy atom. The van der Waals surface area contributed by atoms with Crippen molar-refractivity contribution in [3.05, 3.63) is 141 Å². The van der Waals surface area contributed by atoms with Gasteiger partial charge in [-0.1, -0.05) is 83.8 Å². The molecule has 12 heteroatoms. The zero-order chi connectivity index (χ0) is 40.5. The Balaban J connectivity index is 0.00000143. The molecule has 3 N–H and O–H groups in total. The lowest BCUT2D eigenvalue weighted by Gasteiger charge is -2.34. The first-order valence-corrected chi connectivity index (χ1v) is 19.3. The molecule has 0 bridgehead atoms. The predicted molar refractivity (Wildman–Crippen MR) is 232 cm³/mol. The molecular formula is C44H46Cl3N7O2. The van der Waals surface area contributed by atoms with Crippen molar-refractivity contribution < 1.29 is 9.59 Å². The van der Waals surface area contributed by atoms with Gasteiger partial charge in [-0.15, -0.1) is 0 Å². The SMILES string of the molecule is C=CN(/C(=C(\C)c1ccccc1)c1c(C(=O)Nc2cc(C#N)ccc2N2CCC(NC=O)CC2)[nH]c2cc(Cl)ccc12)C(C)c1ccc(Cl)cc1Cl.CN(C)C. The fraction of sp³-hybridized carbons (Fsp3) is 0.250. The van der Waals surface area contributed by atoms with Crippen LogP contribution in [0.5, 0.6) is 0 Å². The van der Waals surface area contributed by atoms with E-state index in [0.29, 0.717) is 56.2 Å². The van der Waals surface area contributed by atoms with E-state index in [2.05, 4.69) is 33.2 Å². The van der Waals surface area contributed by atoms with Crippen LogP contribution in [0.1, 0.15) is 65.5 Å². The van der Waals surface area contributed by atoms with Crippen LogP contribution >= 0.6 is 34.8 Å². The summed E-state index contributed by atoms with van der Waals surface area (Å²) < 4.78 is 0. The number of aromatic nitrogens is 1. The van der Waals surface area contributed by atoms with Gasteiger partial charge in [0.05, 0.1) is 34.7 Å². The molecule has 5 aromatic rings. The van der Waals surface area contributed by atoms with Gasteiger partial charge < -0.3 is 30.3 Å². The molecule has 0 aliphatic carbocycles. The van der Waals surface area contributed by atoms with E-state index in [-0.39, 0.29) is 12.1 Å². The Hall–Kier alpha value is -5.24. The third-order valence-electron chi connectivity index (χ3n) is 9.58. The number of carbonyl (C=O) groups is 2. The van der Waals surface area contributed by atoms with Crippen molar-refractivity contribution in [3.8, 4) is 6.07 Å². The maximum Gasteiger partial charge on any atom is 0.272 e. The Bertz CT molecular complexity index is 2270. The van der Waals surface area contributed by atoms with E-state index in [1.165, 1.54) is 0 Å². The first-order chi connectivity index (χ1) is 26.9. The number of rotatable bonds is 11. The molecule has 4 aromatic carbocycles. The lowest BCUT2D eigenvalue weighted by Crippen LogP contribution is -2.42. The van der Waals surface area contributed by atoms with E-state index >= 15 is 0 Å². The second kappa shape index (κ2) is 19.1. The molecule has 56 heavy (non-hydrogen) atoms. The number of nitrogens with zero attached hydrogens (tertiary/aromatic N) is 4. The van der Waals surface area contributed by atoms with Crippen LogP contribution in [0.4, 0.5) is 11.4 Å². The molecular weight excluding hydrogens is 765 g/mol. The highest BCUT2D eigenvalue weighted by molar-refractivity contribution is 6.35. The number of carbonyl (C=O) groups excluding carboxylic acids is 2. The molecule has 1 aromatic heterocycles. The van der Waals surface area contributed by atoms with Crippen molar-refractivity contribution in [2.24, 2.45) is 0 Å². The number of aromatic amines is 1. The number of nitrogens with one attached hydrogen (secondary N) is 3. The van der Waals surface area contributed by atoms with Crippen molar-refractivity contribution >= 4 is 80.7 Å². The van der Waals surface area contributed by atoms with E-state index in [4.69, 9.17) is 34.8 Å². The van der Waals surface area contributed by atoms with E-state index in [9.17, 15) is 14.9 Å². The second-order valence-electron chi connectivity index (χ2n) is 14.0. The van der Waals surface area contributed by atoms with Gasteiger partial charge in [0.2, 0.25) is 6.41 Å². The molecule has 1 aliphatic rings. The van der Waals surface area contributed by atoms with E-state index in [1.807, 2.05) is 93.3 Å². The van der Waals surface area contributed by atoms with Crippen LogP contribution in [0.3, 0.4) is 0 Å². The van der Waals surface area contributed by atoms with Crippen LogP contribution in [-0.4, -0.2) is 67.4 Å². The van der Waals surface area contributed by atoms with Crippen molar-refractivity contribution in [2.45, 2.75) is 38.8 Å². The Morgan fingerprint density at radius 3 is 2.27 bits per heavy atom. The molecule has 9 nitrogen and oxygen atoms in total. The minimum absolute atomic E-state index is 0.0851. The summed E-state index contributed by atoms with van der Waals surface area (Å²) in [6, 6.07) is 28.1. The van der Waals surface area contributed by atoms with Gasteiger partial charge in [0.15, 0.2) is 0 Å². The minimum atomic E-state index is -0.407. The highest BCUT2D eigenvalue weighted by atomic mass is 35.5. The first kappa shape index (κ1) is 41.9. The van der Waals surface area contributed by atoms with Gasteiger partial charge in [0.25, 0.3) is 5.91 Å². The smallest absolute Gasteiger partial charge is 0.272 e. The fourth-order valence-corrected chi connectivity index (χ4v) is 7.64. The number of amides is 2. The highest BCUT2D eigenvalue weighted by Gasteiger charge is 2.30. The van der Waals surface area contributed by atoms with Gasteiger partial charge >= 0.3 is 0 Å². The monoisotopic (exact) mass is 809 g/mol. The maximum atomic E-state index is 14.7. The van der Waals surface area contributed by atoms with Crippen LogP contribution in [-0.2, 0) is 4.79 Å². The number of halogens is 3. The summed E-state index contributed by atoms with van der Waals surface area (Å²) in [5.74, 6) is -0.407. The van der Waals surface area contributed by atoms with Crippen LogP contribution in [0.25, 0.3) is 22.2 Å². The second-order valence-corrected chi connectivity index (χ2v) is 15.3. The summed E-state index contributed by atoms with van der Waals surface area (Å²) in [4.78, 5) is 35.3. The zero-order valence-corrected chi connectivity index (χ0v) is 34.4. The number of benzene rings is 4. The van der Waals surface area contributed by atoms with Gasteiger partial charge in [-0.3, -0.25) is 9.59 Å². The van der Waals surface area contributed by atoms with Crippen molar-refractivity contribution in [2.75, 3.05) is 44.4 Å². The normalized spacial score (nSPS) is 13.9. The van der Waals surface area contributed by atoms with Crippen molar-refractivity contribution in [1.82, 2.24) is 20.1 Å². The third kappa shape index (κ3) is 9.76. The van der Waals surface area contributed by atoms with Crippen molar-refractivity contribution in [3.63, 3.8) is 0 Å². The number of fused-ring (bicyclic) bond motifs is 1. The molecule has 1 unspecified atom stereocenters. The summed E-state index contributed by atoms with van der Waals surface area (Å²) in [5.41, 5.74) is 6.69. The molecule has 2 amide bonds. The molecule has 2 heterocycles. The molecule has 0 saturated carbocycles. The number of hydrogen-bond acceptors (Lipinski definition) is 6. The first-order valence-electron chi connectivity index (χ1n) is 18.2. The van der Waals surface area contributed by atoms with Crippen LogP contribution in [0.15, 0.2) is 97.7 Å². The Kier molecular flexibility index (Phi) is 14.3. The average molecular weight is 811 g/mol. The average Bonchev–Trinajstić information content (AvgIpc) is 3.55. The molecule has 1 fully saturated rings. The van der Waals surface area contributed by atoms with E-state index in [1.54, 1.807) is 42.6 Å². The standard InChI is InChI=1S/C41H37Cl3N6O2.C3H9N/c1-4-50(26(3)32-13-11-29(42)21-34(32)44)40(25(2)28-8-6-5-7-9-28)38-33-14-12-30(43)22-35(33)47-39(38)41(52)48-36-20-27(23-45)10-15-37(36)49-18-16-31(17-19-49)46-24-51;1-4(2)3/h4-15,20-22,24,26,31,47H,1,16-19H2,2-3H3,(H,46,51)(H,48,52);1-3H3/b40-25+;. The fourth-order valence-electron chi connectivity index (χ4n) is 6.90. The molecule has 0 spiro atoms. The lowest BCUT2D eigenvalue weighted by atomic mass is 9.95. The number of hydrogen-bond donors (Lipinski definition) is 3. The lowest BCUT2D eigenvalue weighted by molar-refractivity contribution is -0.110. The summed E-state index contributed by atoms with van der Waals surface area (Å²) in [6.07, 6.45) is 3.98. The zero-order valence-electron chi connectivity index (χ0n) is 32.2. The Morgan fingerprint density at radius 2 is 1.64 bits per heavy atom. The van der Waals surface area contributed by atoms with Gasteiger partial charge in [-0.05, 0) is 113 Å². The molecule has 1 aliphatic heterocycles. The van der Waals surface area contributed by atoms with Crippen LogP contribution < -0.4 is 15.5 Å². The van der Waals surface area contributed by atoms with Gasteiger partial charge in [0, 0.05) is 50.7 Å². The van der Waals surface area contributed by atoms with Gasteiger partial charge in [0.1, 0.15) is 5.69 Å². The van der Waals surface area contributed by atoms with E-state index in [0.717, 1.165) is 52.7 Å². The third-order valence-corrected chi connectivity index (χ3v) is 10.4. The molecule has 6 rings (SSSR count). The minimum Gasteiger partial charge on any atom is -0.370 e. The van der Waals surface area contributed by atoms with Crippen LogP contribution in [0, 0.1) is 11.3 Å². The number of anilines is 2. The largest absolute Gasteiger partial charge is 0.370 e. The number of allylic oxidation sites excluding steroid dienone is 1. The molecule has 1 saturated heterocycles. The highest BCUT2D eigenvalue weighted by Crippen LogP contribution is 2.43. The van der Waals surface area contributed by atoms with Gasteiger partial charge in [-0.2, -0.15) is 5.26 Å². The number of H-pyrrole nitrogens is 1. The van der Waals surface area contributed by atoms with E-state index < -0.39 is 5.91 Å². The summed E-state index contributed by atoms with van der Waals surface area (Å²) in [6.45, 7) is 9.60. The Labute approximate surface area is 344 Å².